The molecule has 1 heterocycles. The molecule has 3 aromatic carbocycles. The van der Waals surface area contributed by atoms with Crippen LogP contribution >= 0.6 is 23.2 Å². The van der Waals surface area contributed by atoms with Gasteiger partial charge in [-0.3, -0.25) is 9.10 Å². The Hall–Kier alpha value is -2.74. The van der Waals surface area contributed by atoms with Crippen LogP contribution in [-0.2, 0) is 16.4 Å². The summed E-state index contributed by atoms with van der Waals surface area (Å²) in [5.74, 6) is 0.137. The Morgan fingerprint density at radius 1 is 1.03 bits per heavy atom. The summed E-state index contributed by atoms with van der Waals surface area (Å²) in [6.07, 6.45) is 0.490. The van der Waals surface area contributed by atoms with E-state index in [1.54, 1.807) is 48.5 Å². The van der Waals surface area contributed by atoms with Gasteiger partial charge in [0.05, 0.1) is 23.4 Å². The molecule has 0 saturated carbocycles. The fraction of sp³-hybridized carbons (Fsp3) is 0.174. The lowest BCUT2D eigenvalue weighted by molar-refractivity contribution is 0.102. The van der Waals surface area contributed by atoms with Crippen LogP contribution in [0.15, 0.2) is 65.6 Å². The van der Waals surface area contributed by atoms with E-state index >= 15 is 0 Å². The molecule has 0 fully saturated rings. The summed E-state index contributed by atoms with van der Waals surface area (Å²) in [6, 6.07) is 15.7. The molecule has 32 heavy (non-hydrogen) atoms. The second kappa shape index (κ2) is 8.65. The molecule has 0 unspecified atom stereocenters. The van der Waals surface area contributed by atoms with Crippen LogP contribution in [-0.4, -0.2) is 27.5 Å². The number of nitrogens with zero attached hydrogens (tertiary/aromatic N) is 1. The van der Waals surface area contributed by atoms with E-state index in [0.717, 1.165) is 5.56 Å². The number of benzene rings is 3. The Labute approximate surface area is 196 Å². The lowest BCUT2D eigenvalue weighted by Crippen LogP contribution is -2.35. The monoisotopic (exact) mass is 490 g/mol. The molecule has 4 rings (SSSR count). The van der Waals surface area contributed by atoms with Gasteiger partial charge in [-0.25, -0.2) is 8.42 Å². The van der Waals surface area contributed by atoms with Crippen LogP contribution in [0.1, 0.15) is 22.8 Å². The van der Waals surface area contributed by atoms with E-state index in [4.69, 9.17) is 27.9 Å². The van der Waals surface area contributed by atoms with Crippen molar-refractivity contribution in [1.82, 2.24) is 0 Å². The molecule has 1 amide bonds. The van der Waals surface area contributed by atoms with Gasteiger partial charge in [0, 0.05) is 21.7 Å². The lowest BCUT2D eigenvalue weighted by Gasteiger charge is -2.24. The van der Waals surface area contributed by atoms with Crippen molar-refractivity contribution in [2.24, 2.45) is 0 Å². The molecule has 3 aromatic rings. The van der Waals surface area contributed by atoms with Crippen molar-refractivity contribution in [1.29, 1.82) is 0 Å². The molecule has 0 aliphatic carbocycles. The highest BCUT2D eigenvalue weighted by atomic mass is 35.5. The number of anilines is 2. The number of hydrogen-bond donors (Lipinski definition) is 1. The summed E-state index contributed by atoms with van der Waals surface area (Å²) in [7, 11) is -2.27. The Balaban J connectivity index is 1.64. The predicted octanol–water partition coefficient (Wildman–Crippen LogP) is 5.39. The average Bonchev–Trinajstić information content (AvgIpc) is 3.09. The third-order valence-electron chi connectivity index (χ3n) is 5.27. The summed E-state index contributed by atoms with van der Waals surface area (Å²) in [5, 5.41) is 3.73. The topological polar surface area (TPSA) is 75.7 Å². The van der Waals surface area contributed by atoms with Gasteiger partial charge in [0.2, 0.25) is 0 Å². The van der Waals surface area contributed by atoms with E-state index in [1.165, 1.54) is 23.5 Å². The van der Waals surface area contributed by atoms with Crippen molar-refractivity contribution in [3.63, 3.8) is 0 Å². The quantitative estimate of drug-likeness (QED) is 0.519. The van der Waals surface area contributed by atoms with Crippen molar-refractivity contribution in [3.8, 4) is 5.75 Å². The largest absolute Gasteiger partial charge is 0.495 e. The highest BCUT2D eigenvalue weighted by molar-refractivity contribution is 7.92. The van der Waals surface area contributed by atoms with Crippen molar-refractivity contribution in [2.45, 2.75) is 24.3 Å². The number of carbonyl (C=O) groups excluding carboxylic acids is 1. The van der Waals surface area contributed by atoms with Crippen molar-refractivity contribution >= 4 is 50.5 Å². The van der Waals surface area contributed by atoms with Crippen molar-refractivity contribution in [3.05, 3.63) is 81.8 Å². The van der Waals surface area contributed by atoms with E-state index in [-0.39, 0.29) is 16.8 Å². The summed E-state index contributed by atoms with van der Waals surface area (Å²) in [4.78, 5) is 13.0. The maximum absolute atomic E-state index is 13.3. The van der Waals surface area contributed by atoms with E-state index in [2.05, 4.69) is 5.32 Å². The number of amides is 1. The molecule has 1 aliphatic rings. The number of hydrogen-bond acceptors (Lipinski definition) is 4. The fourth-order valence-corrected chi connectivity index (χ4v) is 5.79. The SMILES string of the molecule is COc1ccc(Cl)cc1NC(=O)c1ccc2c(c1)C[C@H](C)N2S(=O)(=O)c1ccc(Cl)cc1. The van der Waals surface area contributed by atoms with Gasteiger partial charge in [-0.2, -0.15) is 0 Å². The number of ether oxygens (including phenoxy) is 1. The average molecular weight is 491 g/mol. The number of halogens is 2. The van der Waals surface area contributed by atoms with Gasteiger partial charge in [0.15, 0.2) is 0 Å². The Morgan fingerprint density at radius 2 is 1.72 bits per heavy atom. The molecule has 0 saturated heterocycles. The van der Waals surface area contributed by atoms with Gasteiger partial charge in [0.1, 0.15) is 5.75 Å². The highest BCUT2D eigenvalue weighted by Gasteiger charge is 2.36. The van der Waals surface area contributed by atoms with E-state index < -0.39 is 10.0 Å². The molecular weight excluding hydrogens is 471 g/mol. The first-order valence-corrected chi connectivity index (χ1v) is 12.0. The third-order valence-corrected chi connectivity index (χ3v) is 7.70. The van der Waals surface area contributed by atoms with Crippen LogP contribution in [0, 0.1) is 0 Å². The number of rotatable bonds is 5. The third kappa shape index (κ3) is 4.16. The molecular formula is C23H20Cl2N2O4S. The second-order valence-electron chi connectivity index (χ2n) is 7.45. The number of methoxy groups -OCH3 is 1. The first-order valence-electron chi connectivity index (χ1n) is 9.78. The van der Waals surface area contributed by atoms with Gasteiger partial charge < -0.3 is 10.1 Å². The molecule has 1 atom stereocenters. The zero-order valence-corrected chi connectivity index (χ0v) is 19.6. The first kappa shape index (κ1) is 22.5. The molecule has 0 bridgehead atoms. The minimum absolute atomic E-state index is 0.163. The summed E-state index contributed by atoms with van der Waals surface area (Å²) in [5.41, 5.74) is 2.19. The number of carbonyl (C=O) groups is 1. The van der Waals surface area contributed by atoms with Crippen molar-refractivity contribution in [2.75, 3.05) is 16.7 Å². The van der Waals surface area contributed by atoms with Crippen LogP contribution in [0.5, 0.6) is 5.75 Å². The number of fused-ring (bicyclic) bond motifs is 1. The number of sulfonamides is 1. The molecule has 166 valence electrons. The fourth-order valence-electron chi connectivity index (χ4n) is 3.80. The highest BCUT2D eigenvalue weighted by Crippen LogP contribution is 2.38. The smallest absolute Gasteiger partial charge is 0.264 e. The Morgan fingerprint density at radius 3 is 2.41 bits per heavy atom. The summed E-state index contributed by atoms with van der Waals surface area (Å²) < 4.78 is 33.2. The zero-order valence-electron chi connectivity index (χ0n) is 17.3. The van der Waals surface area contributed by atoms with Crippen LogP contribution in [0.4, 0.5) is 11.4 Å². The maximum Gasteiger partial charge on any atom is 0.264 e. The van der Waals surface area contributed by atoms with Gasteiger partial charge in [0.25, 0.3) is 15.9 Å². The predicted molar refractivity (Wildman–Crippen MR) is 127 cm³/mol. The molecule has 0 spiro atoms. The Bertz CT molecular complexity index is 1290. The summed E-state index contributed by atoms with van der Waals surface area (Å²) in [6.45, 7) is 1.84. The normalized spacial score (nSPS) is 15.4. The van der Waals surface area contributed by atoms with E-state index in [0.29, 0.717) is 39.2 Å². The number of nitrogens with one attached hydrogen (secondary N) is 1. The van der Waals surface area contributed by atoms with Gasteiger partial charge in [-0.1, -0.05) is 23.2 Å². The Kier molecular flexibility index (Phi) is 6.07. The molecule has 0 aromatic heterocycles. The van der Waals surface area contributed by atoms with Crippen LogP contribution < -0.4 is 14.4 Å². The van der Waals surface area contributed by atoms with Gasteiger partial charge in [-0.15, -0.1) is 0 Å². The standard InChI is InChI=1S/C23H20Cl2N2O4S/c1-14-11-16-12-15(23(28)26-20-13-18(25)6-10-22(20)31-2)3-9-21(16)27(14)32(29,30)19-7-4-17(24)5-8-19/h3-10,12-14H,11H2,1-2H3,(H,26,28)/t14-/m0/s1. The minimum atomic E-state index is -3.77. The molecule has 1 N–H and O–H groups in total. The molecule has 1 aliphatic heterocycles. The minimum Gasteiger partial charge on any atom is -0.495 e. The lowest BCUT2D eigenvalue weighted by atomic mass is 10.1. The van der Waals surface area contributed by atoms with E-state index in [9.17, 15) is 13.2 Å². The van der Waals surface area contributed by atoms with Gasteiger partial charge in [-0.05, 0) is 79.6 Å². The van der Waals surface area contributed by atoms with Crippen LogP contribution in [0.25, 0.3) is 0 Å². The zero-order chi connectivity index (χ0) is 23.0. The first-order chi connectivity index (χ1) is 15.2. The van der Waals surface area contributed by atoms with Crippen LogP contribution in [0.2, 0.25) is 10.0 Å². The van der Waals surface area contributed by atoms with Gasteiger partial charge >= 0.3 is 0 Å². The summed E-state index contributed by atoms with van der Waals surface area (Å²) >= 11 is 11.9. The van der Waals surface area contributed by atoms with E-state index in [1.807, 2.05) is 6.92 Å². The van der Waals surface area contributed by atoms with Crippen molar-refractivity contribution < 1.29 is 17.9 Å². The maximum atomic E-state index is 13.3. The van der Waals surface area contributed by atoms with Crippen LogP contribution in [0.3, 0.4) is 0 Å². The molecule has 6 nitrogen and oxygen atoms in total. The molecule has 9 heteroatoms. The molecule has 0 radical (unpaired) electrons. The second-order valence-corrected chi connectivity index (χ2v) is 10.1.